The molecule has 0 saturated heterocycles. The number of hydrogen-bond donors (Lipinski definition) is 4. The summed E-state index contributed by atoms with van der Waals surface area (Å²) in [5.41, 5.74) is 2.74. The SMILES string of the molecule is N#Cc1ccnc(S(=O)(=O)NC2CC(Nc3c(-c4nc(CO)co4)cnc4[nH]ccc34)C2)c1. The minimum absolute atomic E-state index is 0.00243. The van der Waals surface area contributed by atoms with Gasteiger partial charge in [-0.15, -0.1) is 0 Å². The first-order chi connectivity index (χ1) is 16.0. The number of aliphatic hydroxyl groups is 1. The zero-order chi connectivity index (χ0) is 23.0. The maximum absolute atomic E-state index is 12.6. The van der Waals surface area contributed by atoms with E-state index < -0.39 is 10.0 Å². The van der Waals surface area contributed by atoms with Gasteiger partial charge in [0.05, 0.1) is 29.5 Å². The Kier molecular flexibility index (Phi) is 5.29. The average molecular weight is 465 g/mol. The molecule has 4 N–H and O–H groups in total. The van der Waals surface area contributed by atoms with Gasteiger partial charge in [-0.05, 0) is 31.0 Å². The number of nitrogens with one attached hydrogen (secondary N) is 3. The highest BCUT2D eigenvalue weighted by molar-refractivity contribution is 7.89. The molecule has 0 unspecified atom stereocenters. The Bertz CT molecular complexity index is 1470. The third-order valence-electron chi connectivity index (χ3n) is 5.48. The predicted octanol–water partition coefficient (Wildman–Crippen LogP) is 1.90. The molecule has 0 aromatic carbocycles. The lowest BCUT2D eigenvalue weighted by atomic mass is 9.87. The van der Waals surface area contributed by atoms with Crippen LogP contribution in [0.1, 0.15) is 24.1 Å². The van der Waals surface area contributed by atoms with Crippen LogP contribution in [0, 0.1) is 11.3 Å². The van der Waals surface area contributed by atoms with Crippen molar-refractivity contribution in [2.75, 3.05) is 5.32 Å². The van der Waals surface area contributed by atoms with E-state index in [-0.39, 0.29) is 29.3 Å². The third-order valence-corrected chi connectivity index (χ3v) is 6.90. The molecule has 12 heteroatoms. The monoisotopic (exact) mass is 465 g/mol. The van der Waals surface area contributed by atoms with Crippen molar-refractivity contribution in [3.63, 3.8) is 0 Å². The van der Waals surface area contributed by atoms with E-state index in [2.05, 4.69) is 30.0 Å². The van der Waals surface area contributed by atoms with Crippen LogP contribution in [0.3, 0.4) is 0 Å². The molecule has 0 amide bonds. The van der Waals surface area contributed by atoms with Gasteiger partial charge in [0.2, 0.25) is 5.89 Å². The van der Waals surface area contributed by atoms with Crippen LogP contribution in [0.25, 0.3) is 22.5 Å². The van der Waals surface area contributed by atoms with Crippen molar-refractivity contribution in [1.82, 2.24) is 24.7 Å². The zero-order valence-electron chi connectivity index (χ0n) is 17.2. The number of pyridine rings is 2. The second-order valence-corrected chi connectivity index (χ2v) is 9.38. The molecule has 168 valence electrons. The summed E-state index contributed by atoms with van der Waals surface area (Å²) >= 11 is 0. The molecule has 0 radical (unpaired) electrons. The Morgan fingerprint density at radius 2 is 2.12 bits per heavy atom. The molecule has 33 heavy (non-hydrogen) atoms. The second kappa shape index (κ2) is 8.28. The van der Waals surface area contributed by atoms with Crippen molar-refractivity contribution in [2.24, 2.45) is 0 Å². The van der Waals surface area contributed by atoms with E-state index in [1.165, 1.54) is 24.6 Å². The van der Waals surface area contributed by atoms with E-state index in [1.54, 1.807) is 12.4 Å². The summed E-state index contributed by atoms with van der Waals surface area (Å²) < 4.78 is 33.4. The van der Waals surface area contributed by atoms with Gasteiger partial charge in [0, 0.05) is 36.1 Å². The first kappa shape index (κ1) is 21.1. The average Bonchev–Trinajstić information content (AvgIpc) is 3.47. The van der Waals surface area contributed by atoms with Gasteiger partial charge in [0.15, 0.2) is 5.03 Å². The topological polar surface area (TPSA) is 170 Å². The van der Waals surface area contributed by atoms with Crippen molar-refractivity contribution < 1.29 is 17.9 Å². The fourth-order valence-corrected chi connectivity index (χ4v) is 5.00. The van der Waals surface area contributed by atoms with Crippen molar-refractivity contribution in [2.45, 2.75) is 36.6 Å². The minimum atomic E-state index is -3.83. The molecule has 4 aromatic rings. The minimum Gasteiger partial charge on any atom is -0.444 e. The van der Waals surface area contributed by atoms with Gasteiger partial charge in [-0.2, -0.15) is 5.26 Å². The summed E-state index contributed by atoms with van der Waals surface area (Å²) in [5, 5.41) is 22.4. The second-order valence-electron chi connectivity index (χ2n) is 7.71. The molecule has 4 aromatic heterocycles. The highest BCUT2D eigenvalue weighted by Gasteiger charge is 2.34. The van der Waals surface area contributed by atoms with E-state index in [0.29, 0.717) is 35.6 Å². The number of aromatic amines is 1. The van der Waals surface area contributed by atoms with Gasteiger partial charge in [-0.25, -0.2) is 28.1 Å². The van der Waals surface area contributed by atoms with Gasteiger partial charge in [0.25, 0.3) is 10.0 Å². The number of oxazole rings is 1. The van der Waals surface area contributed by atoms with Crippen molar-refractivity contribution in [3.05, 3.63) is 54.3 Å². The number of fused-ring (bicyclic) bond motifs is 1. The number of sulfonamides is 1. The fourth-order valence-electron chi connectivity index (χ4n) is 3.77. The van der Waals surface area contributed by atoms with Gasteiger partial charge >= 0.3 is 0 Å². The van der Waals surface area contributed by atoms with Gasteiger partial charge in [-0.3, -0.25) is 0 Å². The van der Waals surface area contributed by atoms with Crippen molar-refractivity contribution >= 4 is 26.7 Å². The Hall–Kier alpha value is -3.79. The Labute approximate surface area is 188 Å². The molecule has 1 aliphatic rings. The van der Waals surface area contributed by atoms with Crippen molar-refractivity contribution in [3.8, 4) is 17.5 Å². The normalized spacial score (nSPS) is 18.1. The molecule has 11 nitrogen and oxygen atoms in total. The van der Waals surface area contributed by atoms with E-state index in [4.69, 9.17) is 9.68 Å². The van der Waals surface area contributed by atoms with E-state index >= 15 is 0 Å². The fraction of sp³-hybridized carbons (Fsp3) is 0.238. The smallest absolute Gasteiger partial charge is 0.258 e. The van der Waals surface area contributed by atoms with Gasteiger partial charge in [-0.1, -0.05) is 0 Å². The largest absolute Gasteiger partial charge is 0.444 e. The number of nitriles is 1. The summed E-state index contributed by atoms with van der Waals surface area (Å²) in [7, 11) is -3.83. The Balaban J connectivity index is 1.32. The van der Waals surface area contributed by atoms with Crippen LogP contribution in [0.4, 0.5) is 5.69 Å². The quantitative estimate of drug-likeness (QED) is 0.318. The number of H-pyrrole nitrogens is 1. The van der Waals surface area contributed by atoms with Gasteiger partial charge in [0.1, 0.15) is 17.6 Å². The lowest BCUT2D eigenvalue weighted by molar-refractivity contribution is 0.276. The Morgan fingerprint density at radius 1 is 1.27 bits per heavy atom. The molecule has 1 aliphatic carbocycles. The number of hydrogen-bond acceptors (Lipinski definition) is 9. The van der Waals surface area contributed by atoms with Crippen LogP contribution in [-0.2, 0) is 16.6 Å². The lowest BCUT2D eigenvalue weighted by Crippen LogP contribution is -2.49. The Morgan fingerprint density at radius 3 is 2.88 bits per heavy atom. The molecule has 1 saturated carbocycles. The summed E-state index contributed by atoms with van der Waals surface area (Å²) in [4.78, 5) is 15.6. The molecule has 0 atom stereocenters. The van der Waals surface area contributed by atoms with E-state index in [1.807, 2.05) is 12.1 Å². The highest BCUT2D eigenvalue weighted by atomic mass is 32.2. The molecule has 1 fully saturated rings. The van der Waals surface area contributed by atoms with E-state index in [9.17, 15) is 13.5 Å². The maximum Gasteiger partial charge on any atom is 0.258 e. The van der Waals surface area contributed by atoms with Gasteiger partial charge < -0.3 is 19.8 Å². The molecule has 0 aliphatic heterocycles. The summed E-state index contributed by atoms with van der Waals surface area (Å²) in [6.45, 7) is -0.233. The lowest BCUT2D eigenvalue weighted by Gasteiger charge is -2.37. The number of nitrogens with zero attached hydrogens (tertiary/aromatic N) is 4. The predicted molar refractivity (Wildman–Crippen MR) is 117 cm³/mol. The highest BCUT2D eigenvalue weighted by Crippen LogP contribution is 2.36. The van der Waals surface area contributed by atoms with Crippen LogP contribution < -0.4 is 10.0 Å². The summed E-state index contributed by atoms with van der Waals surface area (Å²) in [6.07, 6.45) is 7.22. The molecule has 5 rings (SSSR count). The van der Waals surface area contributed by atoms with Crippen LogP contribution >= 0.6 is 0 Å². The number of rotatable bonds is 7. The zero-order valence-corrected chi connectivity index (χ0v) is 18.0. The molecule has 0 spiro atoms. The summed E-state index contributed by atoms with van der Waals surface area (Å²) in [5.74, 6) is 0.331. The van der Waals surface area contributed by atoms with Crippen LogP contribution in [0.2, 0.25) is 0 Å². The molecular weight excluding hydrogens is 446 g/mol. The maximum atomic E-state index is 12.6. The third kappa shape index (κ3) is 4.05. The number of anilines is 1. The van der Waals surface area contributed by atoms with Crippen LogP contribution in [0.15, 0.2) is 52.5 Å². The van der Waals surface area contributed by atoms with Crippen LogP contribution in [0.5, 0.6) is 0 Å². The first-order valence-corrected chi connectivity index (χ1v) is 11.6. The standard InChI is InChI=1S/C21H19N7O4S/c22-8-12-1-3-23-18(5-12)33(30,31)28-14-6-13(7-14)26-19-16-2-4-24-20(16)25-9-17(19)21-27-15(10-29)11-32-21/h1-5,9,11,13-14,28-29H,6-7,10H2,(H2,24,25,26). The summed E-state index contributed by atoms with van der Waals surface area (Å²) in [6, 6.07) is 6.24. The first-order valence-electron chi connectivity index (χ1n) is 10.1. The molecule has 4 heterocycles. The van der Waals surface area contributed by atoms with E-state index in [0.717, 1.165) is 11.1 Å². The molecular formula is C21H19N7O4S. The number of aromatic nitrogens is 4. The molecule has 0 bridgehead atoms. The van der Waals surface area contributed by atoms with Crippen LogP contribution in [-0.4, -0.2) is 45.5 Å². The number of aliphatic hydroxyl groups excluding tert-OH is 1. The van der Waals surface area contributed by atoms with Crippen molar-refractivity contribution in [1.29, 1.82) is 5.26 Å².